The normalized spacial score (nSPS) is 10.8. The van der Waals surface area contributed by atoms with Gasteiger partial charge in [0.2, 0.25) is 23.6 Å². The van der Waals surface area contributed by atoms with Crippen LogP contribution in [-0.4, -0.2) is 27.2 Å². The van der Waals surface area contributed by atoms with Crippen molar-refractivity contribution in [2.24, 2.45) is 0 Å². The van der Waals surface area contributed by atoms with Crippen molar-refractivity contribution in [3.05, 3.63) is 41.0 Å². The summed E-state index contributed by atoms with van der Waals surface area (Å²) in [6, 6.07) is 5.41. The molecular formula is C17H18N4O3S. The van der Waals surface area contributed by atoms with E-state index in [1.165, 1.54) is 0 Å². The minimum atomic E-state index is -0.170. The van der Waals surface area contributed by atoms with Gasteiger partial charge in [-0.3, -0.25) is 4.79 Å². The number of nitrogens with zero attached hydrogens (tertiary/aromatic N) is 3. The van der Waals surface area contributed by atoms with Crippen molar-refractivity contribution in [2.45, 2.75) is 32.8 Å². The summed E-state index contributed by atoms with van der Waals surface area (Å²) in [5, 5.41) is 14.7. The lowest BCUT2D eigenvalue weighted by Gasteiger charge is -2.13. The topological polar surface area (TPSA) is 90.1 Å². The Morgan fingerprint density at radius 3 is 3.00 bits per heavy atom. The number of hydrogen-bond donors (Lipinski definition) is 1. The van der Waals surface area contributed by atoms with Crippen LogP contribution in [0.4, 0.5) is 5.69 Å². The average molecular weight is 358 g/mol. The molecule has 25 heavy (non-hydrogen) atoms. The number of aromatic nitrogens is 3. The Balaban J connectivity index is 1.57. The van der Waals surface area contributed by atoms with E-state index >= 15 is 0 Å². The van der Waals surface area contributed by atoms with Gasteiger partial charge < -0.3 is 14.5 Å². The summed E-state index contributed by atoms with van der Waals surface area (Å²) in [5.41, 5.74) is 1.43. The van der Waals surface area contributed by atoms with Crippen LogP contribution in [-0.2, 0) is 11.2 Å². The molecule has 0 aliphatic heterocycles. The fourth-order valence-corrected chi connectivity index (χ4v) is 2.72. The quantitative estimate of drug-likeness (QED) is 0.694. The molecular weight excluding hydrogens is 340 g/mol. The third kappa shape index (κ3) is 4.63. The van der Waals surface area contributed by atoms with Crippen molar-refractivity contribution in [1.29, 1.82) is 0 Å². The SMILES string of the molecule is CC(C)Oc1ncccc1NC(=O)CCc1nnc(-c2ccsc2)o1. The van der Waals surface area contributed by atoms with Crippen LogP contribution < -0.4 is 10.1 Å². The maximum Gasteiger partial charge on any atom is 0.248 e. The van der Waals surface area contributed by atoms with E-state index in [4.69, 9.17) is 9.15 Å². The van der Waals surface area contributed by atoms with E-state index in [0.717, 1.165) is 5.56 Å². The summed E-state index contributed by atoms with van der Waals surface area (Å²) < 4.78 is 11.2. The molecule has 1 N–H and O–H groups in total. The number of rotatable bonds is 7. The maximum atomic E-state index is 12.2. The molecule has 3 rings (SSSR count). The molecule has 0 aliphatic carbocycles. The number of nitrogens with one attached hydrogen (secondary N) is 1. The lowest BCUT2D eigenvalue weighted by Crippen LogP contribution is -2.15. The molecule has 0 aromatic carbocycles. The Bertz CT molecular complexity index is 830. The largest absolute Gasteiger partial charge is 0.473 e. The summed E-state index contributed by atoms with van der Waals surface area (Å²) in [4.78, 5) is 16.3. The van der Waals surface area contributed by atoms with Crippen LogP contribution in [0.5, 0.6) is 5.88 Å². The van der Waals surface area contributed by atoms with Crippen LogP contribution >= 0.6 is 11.3 Å². The van der Waals surface area contributed by atoms with Crippen LogP contribution in [0.1, 0.15) is 26.2 Å². The van der Waals surface area contributed by atoms with Gasteiger partial charge in [-0.05, 0) is 37.4 Å². The van der Waals surface area contributed by atoms with Crippen molar-refractivity contribution in [1.82, 2.24) is 15.2 Å². The van der Waals surface area contributed by atoms with Crippen LogP contribution in [0.2, 0.25) is 0 Å². The molecule has 3 heterocycles. The number of ether oxygens (including phenoxy) is 1. The number of thiophene rings is 1. The number of anilines is 1. The summed E-state index contributed by atoms with van der Waals surface area (Å²) in [7, 11) is 0. The third-order valence-electron chi connectivity index (χ3n) is 3.19. The maximum absolute atomic E-state index is 12.2. The molecule has 0 saturated carbocycles. The molecule has 0 aliphatic rings. The number of amides is 1. The second kappa shape index (κ2) is 7.89. The van der Waals surface area contributed by atoms with Gasteiger partial charge >= 0.3 is 0 Å². The van der Waals surface area contributed by atoms with E-state index in [-0.39, 0.29) is 18.4 Å². The molecule has 0 fully saturated rings. The van der Waals surface area contributed by atoms with Gasteiger partial charge in [0.25, 0.3) is 0 Å². The zero-order valence-electron chi connectivity index (χ0n) is 13.9. The highest BCUT2D eigenvalue weighted by Crippen LogP contribution is 2.23. The first-order chi connectivity index (χ1) is 12.1. The van der Waals surface area contributed by atoms with Gasteiger partial charge in [0, 0.05) is 30.0 Å². The number of aryl methyl sites for hydroxylation is 1. The standard InChI is InChI=1S/C17H18N4O3S/c1-11(2)23-17-13(4-3-8-18-17)19-14(22)5-6-15-20-21-16(24-15)12-7-9-25-10-12/h3-4,7-11H,5-6H2,1-2H3,(H,19,22). The molecule has 0 radical (unpaired) electrons. The first-order valence-corrected chi connectivity index (χ1v) is 8.82. The molecule has 0 saturated heterocycles. The average Bonchev–Trinajstić information content (AvgIpc) is 3.25. The zero-order chi connectivity index (χ0) is 17.6. The monoisotopic (exact) mass is 358 g/mol. The minimum Gasteiger partial charge on any atom is -0.473 e. The molecule has 0 bridgehead atoms. The summed E-state index contributed by atoms with van der Waals surface area (Å²) in [6.45, 7) is 3.81. The second-order valence-electron chi connectivity index (χ2n) is 5.58. The first kappa shape index (κ1) is 17.1. The van der Waals surface area contributed by atoms with Crippen molar-refractivity contribution in [3.63, 3.8) is 0 Å². The molecule has 0 spiro atoms. The zero-order valence-corrected chi connectivity index (χ0v) is 14.7. The molecule has 3 aromatic heterocycles. The Kier molecular flexibility index (Phi) is 5.39. The predicted octanol–water partition coefficient (Wildman–Crippen LogP) is 3.55. The van der Waals surface area contributed by atoms with Crippen LogP contribution in [0.25, 0.3) is 11.5 Å². The Hall–Kier alpha value is -2.74. The van der Waals surface area contributed by atoms with Crippen molar-refractivity contribution >= 4 is 22.9 Å². The number of hydrogen-bond acceptors (Lipinski definition) is 7. The minimum absolute atomic E-state index is 0.0283. The fourth-order valence-electron chi connectivity index (χ4n) is 2.09. The lowest BCUT2D eigenvalue weighted by molar-refractivity contribution is -0.116. The third-order valence-corrected chi connectivity index (χ3v) is 3.88. The van der Waals surface area contributed by atoms with E-state index in [2.05, 4.69) is 20.5 Å². The highest BCUT2D eigenvalue weighted by molar-refractivity contribution is 7.08. The Morgan fingerprint density at radius 1 is 1.36 bits per heavy atom. The molecule has 8 heteroatoms. The van der Waals surface area contributed by atoms with E-state index in [9.17, 15) is 4.79 Å². The summed E-state index contributed by atoms with van der Waals surface area (Å²) in [5.74, 6) is 1.14. The Morgan fingerprint density at radius 2 is 2.24 bits per heavy atom. The molecule has 1 amide bonds. The summed E-state index contributed by atoms with van der Waals surface area (Å²) >= 11 is 1.56. The van der Waals surface area contributed by atoms with Crippen molar-refractivity contribution in [2.75, 3.05) is 5.32 Å². The van der Waals surface area contributed by atoms with Gasteiger partial charge in [0.15, 0.2) is 0 Å². The van der Waals surface area contributed by atoms with E-state index < -0.39 is 0 Å². The van der Waals surface area contributed by atoms with E-state index in [1.54, 1.807) is 29.7 Å². The molecule has 0 unspecified atom stereocenters. The van der Waals surface area contributed by atoms with Crippen molar-refractivity contribution < 1.29 is 13.9 Å². The second-order valence-corrected chi connectivity index (χ2v) is 6.36. The smallest absolute Gasteiger partial charge is 0.248 e. The summed E-state index contributed by atoms with van der Waals surface area (Å²) in [6.07, 6.45) is 2.18. The first-order valence-electron chi connectivity index (χ1n) is 7.88. The highest BCUT2D eigenvalue weighted by atomic mass is 32.1. The van der Waals surface area contributed by atoms with E-state index in [0.29, 0.717) is 29.8 Å². The van der Waals surface area contributed by atoms with Crippen LogP contribution in [0.3, 0.4) is 0 Å². The molecule has 0 atom stereocenters. The van der Waals surface area contributed by atoms with Gasteiger partial charge in [-0.15, -0.1) is 10.2 Å². The lowest BCUT2D eigenvalue weighted by atomic mass is 10.3. The number of pyridine rings is 1. The predicted molar refractivity (Wildman–Crippen MR) is 94.6 cm³/mol. The van der Waals surface area contributed by atoms with Gasteiger partial charge in [-0.25, -0.2) is 4.98 Å². The van der Waals surface area contributed by atoms with Crippen LogP contribution in [0, 0.1) is 0 Å². The molecule has 3 aromatic rings. The fraction of sp³-hybridized carbons (Fsp3) is 0.294. The highest BCUT2D eigenvalue weighted by Gasteiger charge is 2.13. The van der Waals surface area contributed by atoms with Gasteiger partial charge in [0.1, 0.15) is 5.69 Å². The van der Waals surface area contributed by atoms with Crippen LogP contribution in [0.15, 0.2) is 39.6 Å². The number of carbonyl (C=O) groups excluding carboxylic acids is 1. The Labute approximate surface area is 149 Å². The van der Waals surface area contributed by atoms with Gasteiger partial charge in [-0.1, -0.05) is 0 Å². The molecule has 130 valence electrons. The number of carbonyl (C=O) groups is 1. The van der Waals surface area contributed by atoms with Gasteiger partial charge in [0.05, 0.1) is 6.10 Å². The van der Waals surface area contributed by atoms with Gasteiger partial charge in [-0.2, -0.15) is 11.3 Å². The van der Waals surface area contributed by atoms with Crippen molar-refractivity contribution in [3.8, 4) is 17.3 Å². The molecule has 7 nitrogen and oxygen atoms in total. The van der Waals surface area contributed by atoms with E-state index in [1.807, 2.05) is 30.7 Å².